The van der Waals surface area contributed by atoms with Gasteiger partial charge in [0.2, 0.25) is 0 Å². The lowest BCUT2D eigenvalue weighted by Crippen LogP contribution is -2.16. The van der Waals surface area contributed by atoms with Crippen molar-refractivity contribution in [1.82, 2.24) is 10.3 Å². The maximum Gasteiger partial charge on any atom is 0.256 e. The van der Waals surface area contributed by atoms with Crippen molar-refractivity contribution >= 4 is 0 Å². The molecule has 3 nitrogen and oxygen atoms in total. The van der Waals surface area contributed by atoms with Crippen molar-refractivity contribution in [3.05, 3.63) is 53.0 Å². The quantitative estimate of drug-likeness (QED) is 0.905. The van der Waals surface area contributed by atoms with Gasteiger partial charge in [0.25, 0.3) is 5.88 Å². The molecule has 110 valence electrons. The summed E-state index contributed by atoms with van der Waals surface area (Å²) in [5, 5.41) is 3.30. The van der Waals surface area contributed by atoms with Crippen molar-refractivity contribution in [2.75, 3.05) is 0 Å². The number of halogens is 1. The molecule has 1 saturated carbocycles. The fourth-order valence-corrected chi connectivity index (χ4v) is 2.32. The van der Waals surface area contributed by atoms with Crippen LogP contribution in [-0.4, -0.2) is 11.0 Å². The number of aryl methyl sites for hydroxylation is 2. The van der Waals surface area contributed by atoms with Gasteiger partial charge in [-0.05, 0) is 56.0 Å². The zero-order valence-corrected chi connectivity index (χ0v) is 12.3. The van der Waals surface area contributed by atoms with E-state index in [-0.39, 0.29) is 11.7 Å². The van der Waals surface area contributed by atoms with Gasteiger partial charge < -0.3 is 10.1 Å². The molecule has 1 aliphatic carbocycles. The fraction of sp³-hybridized carbons (Fsp3) is 0.353. The Labute approximate surface area is 124 Å². The SMILES string of the molecule is Cc1cc(C)cc(Oc2nccc(CNC3CC3)c2F)c1. The van der Waals surface area contributed by atoms with Crippen LogP contribution in [0.5, 0.6) is 11.6 Å². The molecule has 1 aromatic heterocycles. The summed E-state index contributed by atoms with van der Waals surface area (Å²) < 4.78 is 20.0. The van der Waals surface area contributed by atoms with Crippen molar-refractivity contribution in [2.24, 2.45) is 0 Å². The minimum Gasteiger partial charge on any atom is -0.436 e. The molecule has 4 heteroatoms. The van der Waals surface area contributed by atoms with Crippen molar-refractivity contribution in [3.63, 3.8) is 0 Å². The highest BCUT2D eigenvalue weighted by Crippen LogP contribution is 2.26. The summed E-state index contributed by atoms with van der Waals surface area (Å²) in [6.45, 7) is 4.49. The summed E-state index contributed by atoms with van der Waals surface area (Å²) in [4.78, 5) is 4.01. The van der Waals surface area contributed by atoms with Gasteiger partial charge in [0.05, 0.1) is 0 Å². The Hall–Kier alpha value is -1.94. The van der Waals surface area contributed by atoms with Gasteiger partial charge in [-0.1, -0.05) is 6.07 Å². The van der Waals surface area contributed by atoms with Crippen molar-refractivity contribution in [2.45, 2.75) is 39.3 Å². The van der Waals surface area contributed by atoms with Crippen LogP contribution in [0.15, 0.2) is 30.5 Å². The van der Waals surface area contributed by atoms with E-state index in [1.165, 1.54) is 12.8 Å². The Balaban J connectivity index is 1.79. The lowest BCUT2D eigenvalue weighted by Gasteiger charge is -2.10. The molecule has 3 rings (SSSR count). The Morgan fingerprint density at radius 2 is 1.95 bits per heavy atom. The normalized spacial score (nSPS) is 14.2. The Kier molecular flexibility index (Phi) is 3.88. The fourth-order valence-electron chi connectivity index (χ4n) is 2.32. The number of nitrogens with zero attached hydrogens (tertiary/aromatic N) is 1. The highest BCUT2D eigenvalue weighted by molar-refractivity contribution is 5.36. The van der Waals surface area contributed by atoms with E-state index in [1.807, 2.05) is 32.0 Å². The number of hydrogen-bond acceptors (Lipinski definition) is 3. The first-order chi connectivity index (χ1) is 10.1. The van der Waals surface area contributed by atoms with Crippen LogP contribution in [0.1, 0.15) is 29.5 Å². The number of ether oxygens (including phenoxy) is 1. The third-order valence-corrected chi connectivity index (χ3v) is 3.51. The third-order valence-electron chi connectivity index (χ3n) is 3.51. The van der Waals surface area contributed by atoms with Gasteiger partial charge in [0.15, 0.2) is 5.82 Å². The number of rotatable bonds is 5. The van der Waals surface area contributed by atoms with Crippen LogP contribution in [-0.2, 0) is 6.54 Å². The van der Waals surface area contributed by atoms with Crippen LogP contribution in [0.25, 0.3) is 0 Å². The van der Waals surface area contributed by atoms with Crippen LogP contribution in [0.2, 0.25) is 0 Å². The van der Waals surface area contributed by atoms with Gasteiger partial charge in [0.1, 0.15) is 5.75 Å². The minimum atomic E-state index is -0.384. The van der Waals surface area contributed by atoms with E-state index in [9.17, 15) is 4.39 Å². The molecule has 0 spiro atoms. The van der Waals surface area contributed by atoms with E-state index in [1.54, 1.807) is 12.3 Å². The summed E-state index contributed by atoms with van der Waals surface area (Å²) >= 11 is 0. The Morgan fingerprint density at radius 1 is 1.24 bits per heavy atom. The Bertz CT molecular complexity index is 633. The summed E-state index contributed by atoms with van der Waals surface area (Å²) in [6, 6.07) is 8.04. The minimum absolute atomic E-state index is 0.0371. The van der Waals surface area contributed by atoms with Gasteiger partial charge in [-0.2, -0.15) is 0 Å². The molecular formula is C17H19FN2O. The summed E-state index contributed by atoms with van der Waals surface area (Å²) in [7, 11) is 0. The van der Waals surface area contributed by atoms with E-state index in [0.29, 0.717) is 23.9 Å². The molecular weight excluding hydrogens is 267 g/mol. The highest BCUT2D eigenvalue weighted by Gasteiger charge is 2.21. The second-order valence-electron chi connectivity index (χ2n) is 5.67. The standard InChI is InChI=1S/C17H19FN2O/c1-11-7-12(2)9-15(8-11)21-17-16(18)13(5-6-19-17)10-20-14-3-4-14/h5-9,14,20H,3-4,10H2,1-2H3. The predicted molar refractivity (Wildman–Crippen MR) is 80.0 cm³/mol. The van der Waals surface area contributed by atoms with Crippen molar-refractivity contribution in [3.8, 4) is 11.6 Å². The molecule has 0 amide bonds. The second kappa shape index (κ2) is 5.82. The van der Waals surface area contributed by atoms with Gasteiger partial charge in [-0.3, -0.25) is 0 Å². The molecule has 0 unspecified atom stereocenters. The number of benzene rings is 1. The highest BCUT2D eigenvalue weighted by atomic mass is 19.1. The summed E-state index contributed by atoms with van der Waals surface area (Å²) in [6.07, 6.45) is 3.95. The summed E-state index contributed by atoms with van der Waals surface area (Å²) in [5.74, 6) is 0.270. The molecule has 1 aliphatic rings. The van der Waals surface area contributed by atoms with Gasteiger partial charge >= 0.3 is 0 Å². The molecule has 0 bridgehead atoms. The van der Waals surface area contributed by atoms with Gasteiger partial charge in [-0.15, -0.1) is 0 Å². The third kappa shape index (κ3) is 3.58. The monoisotopic (exact) mass is 286 g/mol. The number of hydrogen-bond donors (Lipinski definition) is 1. The van der Waals surface area contributed by atoms with E-state index in [0.717, 1.165) is 11.1 Å². The van der Waals surface area contributed by atoms with Crippen LogP contribution in [0.4, 0.5) is 4.39 Å². The lowest BCUT2D eigenvalue weighted by molar-refractivity contribution is 0.417. The Morgan fingerprint density at radius 3 is 2.62 bits per heavy atom. The number of aromatic nitrogens is 1. The van der Waals surface area contributed by atoms with Crippen LogP contribution in [0.3, 0.4) is 0 Å². The molecule has 1 N–H and O–H groups in total. The van der Waals surface area contributed by atoms with Crippen LogP contribution >= 0.6 is 0 Å². The predicted octanol–water partition coefficient (Wildman–Crippen LogP) is 3.88. The van der Waals surface area contributed by atoms with Crippen LogP contribution < -0.4 is 10.1 Å². The molecule has 1 heterocycles. The second-order valence-corrected chi connectivity index (χ2v) is 5.67. The van der Waals surface area contributed by atoms with E-state index >= 15 is 0 Å². The number of nitrogens with one attached hydrogen (secondary N) is 1. The largest absolute Gasteiger partial charge is 0.436 e. The zero-order chi connectivity index (χ0) is 14.8. The average molecular weight is 286 g/mol. The van der Waals surface area contributed by atoms with Gasteiger partial charge in [0, 0.05) is 24.3 Å². The first-order valence-corrected chi connectivity index (χ1v) is 7.25. The topological polar surface area (TPSA) is 34.1 Å². The summed E-state index contributed by atoms with van der Waals surface area (Å²) in [5.41, 5.74) is 2.75. The smallest absolute Gasteiger partial charge is 0.256 e. The van der Waals surface area contributed by atoms with Gasteiger partial charge in [-0.25, -0.2) is 9.37 Å². The maximum absolute atomic E-state index is 14.4. The molecule has 0 atom stereocenters. The maximum atomic E-state index is 14.4. The first-order valence-electron chi connectivity index (χ1n) is 7.25. The molecule has 1 aromatic carbocycles. The molecule has 0 aliphatic heterocycles. The first kappa shape index (κ1) is 14.0. The molecule has 0 radical (unpaired) electrons. The van der Waals surface area contributed by atoms with E-state index < -0.39 is 0 Å². The molecule has 2 aromatic rings. The van der Waals surface area contributed by atoms with Crippen molar-refractivity contribution in [1.29, 1.82) is 0 Å². The van der Waals surface area contributed by atoms with E-state index in [4.69, 9.17) is 4.74 Å². The molecule has 21 heavy (non-hydrogen) atoms. The molecule has 1 fully saturated rings. The van der Waals surface area contributed by atoms with Crippen LogP contribution in [0, 0.1) is 19.7 Å². The zero-order valence-electron chi connectivity index (χ0n) is 12.3. The van der Waals surface area contributed by atoms with E-state index in [2.05, 4.69) is 10.3 Å². The lowest BCUT2D eigenvalue weighted by atomic mass is 10.1. The number of pyridine rings is 1. The molecule has 0 saturated heterocycles. The van der Waals surface area contributed by atoms with Crippen molar-refractivity contribution < 1.29 is 9.13 Å². The average Bonchev–Trinajstić information content (AvgIpc) is 3.23.